The Balaban J connectivity index is 1.49. The fourth-order valence-electron chi connectivity index (χ4n) is 3.56. The normalized spacial score (nSPS) is 11.0. The number of nitrogens with one attached hydrogen (secondary N) is 1. The van der Waals surface area contributed by atoms with Crippen molar-refractivity contribution < 1.29 is 32.3 Å². The Bertz CT molecular complexity index is 1600. The Labute approximate surface area is 224 Å². The molecule has 12 heteroatoms. The predicted octanol–water partition coefficient (Wildman–Crippen LogP) is 3.16. The van der Waals surface area contributed by atoms with Crippen molar-refractivity contribution in [1.29, 1.82) is 0 Å². The van der Waals surface area contributed by atoms with Crippen LogP contribution in [0.4, 0.5) is 5.69 Å². The molecule has 0 aliphatic heterocycles. The van der Waals surface area contributed by atoms with Crippen LogP contribution in [0.5, 0.6) is 0 Å². The van der Waals surface area contributed by atoms with E-state index in [-0.39, 0.29) is 17.1 Å². The van der Waals surface area contributed by atoms with Crippen molar-refractivity contribution in [2.75, 3.05) is 18.5 Å². The van der Waals surface area contributed by atoms with Gasteiger partial charge in [-0.25, -0.2) is 27.8 Å². The number of aromatic nitrogens is 2. The first kappa shape index (κ1) is 27.2. The molecule has 0 radical (unpaired) electrons. The molecule has 3 N–H and O–H groups in total. The van der Waals surface area contributed by atoms with Gasteiger partial charge in [-0.05, 0) is 55.5 Å². The summed E-state index contributed by atoms with van der Waals surface area (Å²) in [6, 6.07) is 20.6. The highest BCUT2D eigenvalue weighted by atomic mass is 32.2. The van der Waals surface area contributed by atoms with Gasteiger partial charge in [0, 0.05) is 17.4 Å². The van der Waals surface area contributed by atoms with Crippen molar-refractivity contribution in [3.8, 4) is 16.9 Å². The van der Waals surface area contributed by atoms with E-state index in [4.69, 9.17) is 14.6 Å². The van der Waals surface area contributed by atoms with E-state index < -0.39 is 34.5 Å². The number of hydrogen-bond acceptors (Lipinski definition) is 8. The van der Waals surface area contributed by atoms with Crippen LogP contribution in [0.15, 0.2) is 90.0 Å². The lowest BCUT2D eigenvalue weighted by Crippen LogP contribution is -2.21. The minimum absolute atomic E-state index is 0.0668. The quantitative estimate of drug-likeness (QED) is 0.302. The van der Waals surface area contributed by atoms with Crippen molar-refractivity contribution in [3.05, 3.63) is 96.2 Å². The van der Waals surface area contributed by atoms with E-state index in [1.54, 1.807) is 31.2 Å². The third-order valence-corrected chi connectivity index (χ3v) is 6.35. The van der Waals surface area contributed by atoms with E-state index in [0.29, 0.717) is 28.2 Å². The van der Waals surface area contributed by atoms with Gasteiger partial charge in [-0.15, -0.1) is 0 Å². The van der Waals surface area contributed by atoms with Gasteiger partial charge in [0.25, 0.3) is 5.91 Å². The Hall–Kier alpha value is -4.81. The Kier molecular flexibility index (Phi) is 8.18. The largest absolute Gasteiger partial charge is 0.462 e. The lowest BCUT2D eigenvalue weighted by atomic mass is 10.1. The molecule has 0 saturated carbocycles. The number of anilines is 1. The van der Waals surface area contributed by atoms with Gasteiger partial charge in [-0.2, -0.15) is 5.10 Å². The molecule has 11 nitrogen and oxygen atoms in total. The SMILES string of the molecule is CCOC(=O)c1ccc(NC(=O)COC(=O)c2cn(-c3ccc(S(N)(=O)=O)cc3)nc2-c2ccccc2)cc1. The molecule has 0 atom stereocenters. The molecule has 39 heavy (non-hydrogen) atoms. The molecule has 4 rings (SSSR count). The lowest BCUT2D eigenvalue weighted by Gasteiger charge is -2.08. The average Bonchev–Trinajstić information content (AvgIpc) is 3.38. The maximum absolute atomic E-state index is 13.0. The fraction of sp³-hybridized carbons (Fsp3) is 0.111. The summed E-state index contributed by atoms with van der Waals surface area (Å²) in [5, 5.41) is 12.2. The molecule has 0 bridgehead atoms. The highest BCUT2D eigenvalue weighted by Gasteiger charge is 2.21. The van der Waals surface area contributed by atoms with E-state index in [9.17, 15) is 22.8 Å². The van der Waals surface area contributed by atoms with Crippen LogP contribution in [0, 0.1) is 0 Å². The second kappa shape index (κ2) is 11.7. The van der Waals surface area contributed by atoms with Crippen LogP contribution in [0.3, 0.4) is 0 Å². The van der Waals surface area contributed by atoms with Crippen LogP contribution in [0.1, 0.15) is 27.6 Å². The van der Waals surface area contributed by atoms with Crippen molar-refractivity contribution in [1.82, 2.24) is 9.78 Å². The number of carbonyl (C=O) groups excluding carboxylic acids is 3. The topological polar surface area (TPSA) is 160 Å². The monoisotopic (exact) mass is 548 g/mol. The Morgan fingerprint density at radius 1 is 0.897 bits per heavy atom. The van der Waals surface area contributed by atoms with Gasteiger partial charge in [0.05, 0.1) is 22.8 Å². The molecule has 3 aromatic carbocycles. The number of sulfonamides is 1. The van der Waals surface area contributed by atoms with Gasteiger partial charge in [0.1, 0.15) is 11.3 Å². The van der Waals surface area contributed by atoms with Gasteiger partial charge in [-0.1, -0.05) is 30.3 Å². The summed E-state index contributed by atoms with van der Waals surface area (Å²) in [5.41, 5.74) is 2.27. The van der Waals surface area contributed by atoms with Crippen molar-refractivity contribution in [2.45, 2.75) is 11.8 Å². The van der Waals surface area contributed by atoms with Crippen molar-refractivity contribution in [3.63, 3.8) is 0 Å². The fourth-order valence-corrected chi connectivity index (χ4v) is 4.08. The molecule has 1 aromatic heterocycles. The van der Waals surface area contributed by atoms with E-state index in [1.807, 2.05) is 6.07 Å². The molecule has 1 amide bonds. The van der Waals surface area contributed by atoms with Gasteiger partial charge >= 0.3 is 11.9 Å². The van der Waals surface area contributed by atoms with Crippen molar-refractivity contribution >= 4 is 33.6 Å². The van der Waals surface area contributed by atoms with Gasteiger partial charge in [0.2, 0.25) is 10.0 Å². The Morgan fingerprint density at radius 2 is 1.56 bits per heavy atom. The van der Waals surface area contributed by atoms with Gasteiger partial charge in [-0.3, -0.25) is 4.79 Å². The minimum atomic E-state index is -3.87. The van der Waals surface area contributed by atoms with E-state index >= 15 is 0 Å². The zero-order chi connectivity index (χ0) is 28.0. The lowest BCUT2D eigenvalue weighted by molar-refractivity contribution is -0.119. The number of amides is 1. The molecular weight excluding hydrogens is 524 g/mol. The number of ether oxygens (including phenoxy) is 2. The number of esters is 2. The predicted molar refractivity (Wildman–Crippen MR) is 142 cm³/mol. The number of primary sulfonamides is 1. The van der Waals surface area contributed by atoms with Crippen LogP contribution in [0.2, 0.25) is 0 Å². The van der Waals surface area contributed by atoms with Crippen LogP contribution in [-0.2, 0) is 24.3 Å². The molecule has 0 unspecified atom stereocenters. The number of nitrogens with two attached hydrogens (primary N) is 1. The van der Waals surface area contributed by atoms with E-state index in [2.05, 4.69) is 10.4 Å². The summed E-state index contributed by atoms with van der Waals surface area (Å²) in [5.74, 6) is -1.84. The first-order valence-electron chi connectivity index (χ1n) is 11.7. The Morgan fingerprint density at radius 3 is 2.18 bits per heavy atom. The van der Waals surface area contributed by atoms with Crippen LogP contribution >= 0.6 is 0 Å². The van der Waals surface area contributed by atoms with E-state index in [1.165, 1.54) is 59.4 Å². The molecule has 0 spiro atoms. The van der Waals surface area contributed by atoms with E-state index in [0.717, 1.165) is 0 Å². The zero-order valence-electron chi connectivity index (χ0n) is 20.7. The molecule has 4 aromatic rings. The smallest absolute Gasteiger partial charge is 0.342 e. The number of benzene rings is 3. The van der Waals surface area contributed by atoms with Crippen molar-refractivity contribution in [2.24, 2.45) is 5.14 Å². The first-order chi connectivity index (χ1) is 18.7. The average molecular weight is 549 g/mol. The summed E-state index contributed by atoms with van der Waals surface area (Å²) >= 11 is 0. The number of nitrogens with zero attached hydrogens (tertiary/aromatic N) is 2. The highest BCUT2D eigenvalue weighted by Crippen LogP contribution is 2.25. The molecule has 200 valence electrons. The second-order valence-electron chi connectivity index (χ2n) is 8.16. The maximum atomic E-state index is 13.0. The van der Waals surface area contributed by atoms with Gasteiger partial charge < -0.3 is 14.8 Å². The molecular formula is C27H24N4O7S. The number of rotatable bonds is 9. The molecule has 0 aliphatic rings. The van der Waals surface area contributed by atoms with Crippen LogP contribution in [0.25, 0.3) is 16.9 Å². The number of carbonyl (C=O) groups is 3. The van der Waals surface area contributed by atoms with Gasteiger partial charge in [0.15, 0.2) is 6.61 Å². The third-order valence-electron chi connectivity index (χ3n) is 5.43. The maximum Gasteiger partial charge on any atom is 0.342 e. The number of hydrogen-bond donors (Lipinski definition) is 2. The zero-order valence-corrected chi connectivity index (χ0v) is 21.6. The summed E-state index contributed by atoms with van der Waals surface area (Å²) in [7, 11) is -3.87. The minimum Gasteiger partial charge on any atom is -0.462 e. The summed E-state index contributed by atoms with van der Waals surface area (Å²) in [6.07, 6.45) is 1.43. The molecule has 1 heterocycles. The summed E-state index contributed by atoms with van der Waals surface area (Å²) in [6.45, 7) is 1.38. The van der Waals surface area contributed by atoms with Crippen LogP contribution in [-0.4, -0.2) is 49.3 Å². The summed E-state index contributed by atoms with van der Waals surface area (Å²) in [4.78, 5) is 37.1. The molecule has 0 saturated heterocycles. The van der Waals surface area contributed by atoms with Crippen LogP contribution < -0.4 is 10.5 Å². The third kappa shape index (κ3) is 6.74. The second-order valence-corrected chi connectivity index (χ2v) is 9.72. The summed E-state index contributed by atoms with van der Waals surface area (Å²) < 4.78 is 34.7. The molecule has 0 fully saturated rings. The standard InChI is InChI=1S/C27H24N4O7S/c1-2-37-26(33)19-8-10-20(11-9-19)29-24(32)17-38-27(34)23-16-31(30-25(23)18-6-4-3-5-7-18)21-12-14-22(15-13-21)39(28,35)36/h3-16H,2,17H2,1H3,(H,29,32)(H2,28,35,36). The molecule has 0 aliphatic carbocycles. The first-order valence-corrected chi connectivity index (χ1v) is 13.2. The highest BCUT2D eigenvalue weighted by molar-refractivity contribution is 7.89.